The Labute approximate surface area is 134 Å². The third-order valence-corrected chi connectivity index (χ3v) is 3.81. The molecule has 0 amide bonds. The highest BCUT2D eigenvalue weighted by atomic mass is 19.4. The van der Waals surface area contributed by atoms with Crippen molar-refractivity contribution in [3.8, 4) is 5.69 Å². The molecule has 1 aromatic carbocycles. The monoisotopic (exact) mass is 325 g/mol. The number of hydrogen-bond donors (Lipinski definition) is 1. The maximum Gasteiger partial charge on any atom is 0.419 e. The third kappa shape index (κ3) is 3.93. The summed E-state index contributed by atoms with van der Waals surface area (Å²) in [5.74, 6) is 0.478. The molecule has 6 heteroatoms. The summed E-state index contributed by atoms with van der Waals surface area (Å²) in [6.45, 7) is 7.94. The summed E-state index contributed by atoms with van der Waals surface area (Å²) in [5, 5.41) is 3.86. The average molecular weight is 325 g/mol. The molecule has 0 saturated carbocycles. The molecule has 0 bridgehead atoms. The zero-order valence-electron chi connectivity index (χ0n) is 13.8. The summed E-state index contributed by atoms with van der Waals surface area (Å²) < 4.78 is 39.5. The normalized spacial score (nSPS) is 13.6. The van der Waals surface area contributed by atoms with E-state index in [0.717, 1.165) is 35.5 Å². The molecule has 0 aliphatic carbocycles. The molecule has 23 heavy (non-hydrogen) atoms. The molecule has 1 heterocycles. The number of nitrogens with two attached hydrogens (primary N) is 1. The second-order valence-corrected chi connectivity index (χ2v) is 6.41. The topological polar surface area (TPSA) is 43.8 Å². The highest BCUT2D eigenvalue weighted by Crippen LogP contribution is 2.31. The number of rotatable bonds is 4. The number of aromatic nitrogens is 2. The lowest BCUT2D eigenvalue weighted by Gasteiger charge is -2.18. The first-order chi connectivity index (χ1) is 10.6. The number of alkyl halides is 3. The number of nitrogens with zero attached hydrogens (tertiary/aromatic N) is 2. The fourth-order valence-electron chi connectivity index (χ4n) is 2.80. The first kappa shape index (κ1) is 17.5. The van der Waals surface area contributed by atoms with Crippen LogP contribution in [-0.4, -0.2) is 9.78 Å². The van der Waals surface area contributed by atoms with Gasteiger partial charge in [0, 0.05) is 12.2 Å². The van der Waals surface area contributed by atoms with Crippen LogP contribution in [0.4, 0.5) is 13.2 Å². The zero-order valence-corrected chi connectivity index (χ0v) is 13.8. The largest absolute Gasteiger partial charge is 0.419 e. The summed E-state index contributed by atoms with van der Waals surface area (Å²) in [4.78, 5) is 0. The van der Waals surface area contributed by atoms with E-state index in [-0.39, 0.29) is 6.04 Å². The predicted molar refractivity (Wildman–Crippen MR) is 84.4 cm³/mol. The van der Waals surface area contributed by atoms with E-state index in [4.69, 9.17) is 5.73 Å². The molecule has 0 aliphatic rings. The van der Waals surface area contributed by atoms with E-state index in [1.54, 1.807) is 0 Å². The first-order valence-corrected chi connectivity index (χ1v) is 7.58. The van der Waals surface area contributed by atoms with Gasteiger partial charge in [-0.05, 0) is 42.9 Å². The molecule has 0 spiro atoms. The molecule has 0 radical (unpaired) electrons. The van der Waals surface area contributed by atoms with Crippen LogP contribution in [0.1, 0.15) is 48.6 Å². The fraction of sp³-hybridized carbons (Fsp3) is 0.471. The number of hydrogen-bond acceptors (Lipinski definition) is 2. The minimum absolute atomic E-state index is 0.0789. The van der Waals surface area contributed by atoms with Crippen molar-refractivity contribution >= 4 is 0 Å². The molecule has 0 unspecified atom stereocenters. The standard InChI is InChI=1S/C17H22F3N3/c1-10(2)5-15(21)13-6-11(3)16(12(4)7-13)23-9-14(8-22-23)17(18,19)20/h6-10,15H,5,21H2,1-4H3/t15-/m0/s1. The summed E-state index contributed by atoms with van der Waals surface area (Å²) >= 11 is 0. The van der Waals surface area contributed by atoms with E-state index in [2.05, 4.69) is 18.9 Å². The Morgan fingerprint density at radius 3 is 2.17 bits per heavy atom. The number of halogens is 3. The SMILES string of the molecule is Cc1cc([C@@H](N)CC(C)C)cc(C)c1-n1cc(C(F)(F)F)cn1. The van der Waals surface area contributed by atoms with Crippen LogP contribution < -0.4 is 5.73 Å². The average Bonchev–Trinajstić information content (AvgIpc) is 2.86. The molecule has 0 fully saturated rings. The van der Waals surface area contributed by atoms with Gasteiger partial charge in [0.1, 0.15) is 0 Å². The summed E-state index contributed by atoms with van der Waals surface area (Å²) in [5.41, 5.74) is 8.84. The van der Waals surface area contributed by atoms with Crippen molar-refractivity contribution < 1.29 is 13.2 Å². The van der Waals surface area contributed by atoms with E-state index >= 15 is 0 Å². The minimum atomic E-state index is -4.39. The lowest BCUT2D eigenvalue weighted by atomic mass is 9.94. The molecular formula is C17H22F3N3. The number of benzene rings is 1. The fourth-order valence-corrected chi connectivity index (χ4v) is 2.80. The smallest absolute Gasteiger partial charge is 0.324 e. The van der Waals surface area contributed by atoms with Crippen LogP contribution in [0.5, 0.6) is 0 Å². The van der Waals surface area contributed by atoms with Crippen molar-refractivity contribution in [2.24, 2.45) is 11.7 Å². The molecule has 2 aromatic rings. The van der Waals surface area contributed by atoms with Crippen LogP contribution in [0.2, 0.25) is 0 Å². The maximum atomic E-state index is 12.7. The van der Waals surface area contributed by atoms with E-state index in [0.29, 0.717) is 11.6 Å². The first-order valence-electron chi connectivity index (χ1n) is 7.58. The second kappa shape index (κ2) is 6.35. The highest BCUT2D eigenvalue weighted by molar-refractivity contribution is 5.49. The molecular weight excluding hydrogens is 303 g/mol. The van der Waals surface area contributed by atoms with Gasteiger partial charge in [-0.2, -0.15) is 18.3 Å². The van der Waals surface area contributed by atoms with Crippen molar-refractivity contribution in [3.05, 3.63) is 46.8 Å². The van der Waals surface area contributed by atoms with Gasteiger partial charge < -0.3 is 5.73 Å². The Morgan fingerprint density at radius 1 is 1.17 bits per heavy atom. The lowest BCUT2D eigenvalue weighted by molar-refractivity contribution is -0.137. The van der Waals surface area contributed by atoms with E-state index in [1.807, 2.05) is 26.0 Å². The second-order valence-electron chi connectivity index (χ2n) is 6.41. The Balaban J connectivity index is 2.39. The lowest BCUT2D eigenvalue weighted by Crippen LogP contribution is -2.14. The van der Waals surface area contributed by atoms with E-state index < -0.39 is 11.7 Å². The third-order valence-electron chi connectivity index (χ3n) is 3.81. The van der Waals surface area contributed by atoms with Gasteiger partial charge >= 0.3 is 6.18 Å². The van der Waals surface area contributed by atoms with Gasteiger partial charge in [-0.25, -0.2) is 4.68 Å². The number of aryl methyl sites for hydroxylation is 2. The van der Waals surface area contributed by atoms with Crippen LogP contribution >= 0.6 is 0 Å². The summed E-state index contributed by atoms with van der Waals surface area (Å²) in [6.07, 6.45) is -1.67. The highest BCUT2D eigenvalue weighted by Gasteiger charge is 2.32. The van der Waals surface area contributed by atoms with Crippen molar-refractivity contribution in [2.75, 3.05) is 0 Å². The van der Waals surface area contributed by atoms with Gasteiger partial charge in [0.2, 0.25) is 0 Å². The molecule has 2 N–H and O–H groups in total. The summed E-state index contributed by atoms with van der Waals surface area (Å²) in [6, 6.07) is 3.79. The van der Waals surface area contributed by atoms with Gasteiger partial charge in [-0.15, -0.1) is 0 Å². The van der Waals surface area contributed by atoms with Crippen LogP contribution in [-0.2, 0) is 6.18 Å². The van der Waals surface area contributed by atoms with Gasteiger partial charge in [0.15, 0.2) is 0 Å². The van der Waals surface area contributed by atoms with E-state index in [9.17, 15) is 13.2 Å². The minimum Gasteiger partial charge on any atom is -0.324 e. The van der Waals surface area contributed by atoms with Crippen molar-refractivity contribution in [2.45, 2.75) is 46.3 Å². The Kier molecular flexibility index (Phi) is 4.84. The molecule has 1 atom stereocenters. The Bertz CT molecular complexity index is 664. The summed E-state index contributed by atoms with van der Waals surface area (Å²) in [7, 11) is 0. The molecule has 126 valence electrons. The van der Waals surface area contributed by atoms with Crippen molar-refractivity contribution in [1.29, 1.82) is 0 Å². The predicted octanol–water partition coefficient (Wildman–Crippen LogP) is 4.55. The quantitative estimate of drug-likeness (QED) is 0.896. The van der Waals surface area contributed by atoms with Crippen molar-refractivity contribution in [3.63, 3.8) is 0 Å². The van der Waals surface area contributed by atoms with Gasteiger partial charge in [-0.1, -0.05) is 26.0 Å². The van der Waals surface area contributed by atoms with Gasteiger partial charge in [0.25, 0.3) is 0 Å². The van der Waals surface area contributed by atoms with Crippen LogP contribution in [0.25, 0.3) is 5.69 Å². The maximum absolute atomic E-state index is 12.7. The van der Waals surface area contributed by atoms with Crippen LogP contribution in [0.15, 0.2) is 24.5 Å². The molecule has 2 rings (SSSR count). The molecule has 0 aliphatic heterocycles. The van der Waals surface area contributed by atoms with Gasteiger partial charge in [-0.3, -0.25) is 0 Å². The molecule has 1 aromatic heterocycles. The molecule has 3 nitrogen and oxygen atoms in total. The van der Waals surface area contributed by atoms with Crippen LogP contribution in [0.3, 0.4) is 0 Å². The van der Waals surface area contributed by atoms with Gasteiger partial charge in [0.05, 0.1) is 17.4 Å². The molecule has 0 saturated heterocycles. The zero-order chi connectivity index (χ0) is 17.4. The van der Waals surface area contributed by atoms with Crippen LogP contribution in [0, 0.1) is 19.8 Å². The van der Waals surface area contributed by atoms with E-state index in [1.165, 1.54) is 4.68 Å². The van der Waals surface area contributed by atoms with Crippen molar-refractivity contribution in [1.82, 2.24) is 9.78 Å². The Hall–Kier alpha value is -1.82. The Morgan fingerprint density at radius 2 is 1.74 bits per heavy atom.